The highest BCUT2D eigenvalue weighted by Gasteiger charge is 2.12. The van der Waals surface area contributed by atoms with Crippen molar-refractivity contribution in [3.8, 4) is 17.6 Å². The molecule has 0 amide bonds. The predicted octanol–water partition coefficient (Wildman–Crippen LogP) is 4.52. The van der Waals surface area contributed by atoms with Gasteiger partial charge in [0.15, 0.2) is 11.5 Å². The van der Waals surface area contributed by atoms with Gasteiger partial charge in [-0.05, 0) is 37.6 Å². The fraction of sp³-hybridized carbons (Fsp3) is 0.250. The van der Waals surface area contributed by atoms with Crippen molar-refractivity contribution in [1.82, 2.24) is 4.98 Å². The van der Waals surface area contributed by atoms with Crippen LogP contribution in [0.5, 0.6) is 11.5 Å². The van der Waals surface area contributed by atoms with Gasteiger partial charge in [-0.2, -0.15) is 14.0 Å². The van der Waals surface area contributed by atoms with Crippen LogP contribution in [-0.4, -0.2) is 18.2 Å². The summed E-state index contributed by atoms with van der Waals surface area (Å²) < 4.78 is 34.5. The first-order valence-corrected chi connectivity index (χ1v) is 7.67. The van der Waals surface area contributed by atoms with Gasteiger partial charge in [-0.3, -0.25) is 0 Å². The third kappa shape index (κ3) is 4.50. The third-order valence-corrected chi connectivity index (χ3v) is 3.76. The molecule has 0 bridgehead atoms. The Morgan fingerprint density at radius 3 is 2.78 bits per heavy atom. The number of alkyl halides is 2. The number of nitriles is 1. The molecule has 2 rings (SSSR count). The van der Waals surface area contributed by atoms with Crippen LogP contribution in [-0.2, 0) is 0 Å². The van der Waals surface area contributed by atoms with Crippen LogP contribution in [0.4, 0.5) is 8.78 Å². The molecule has 0 N–H and O–H groups in total. The summed E-state index contributed by atoms with van der Waals surface area (Å²) in [6.07, 6.45) is 1.63. The molecule has 0 aliphatic rings. The summed E-state index contributed by atoms with van der Waals surface area (Å²) in [6.45, 7) is 0.971. The summed E-state index contributed by atoms with van der Waals surface area (Å²) in [6, 6.07) is 6.63. The fourth-order valence-corrected chi connectivity index (χ4v) is 2.63. The topological polar surface area (TPSA) is 55.1 Å². The first kappa shape index (κ1) is 16.9. The van der Waals surface area contributed by atoms with Crippen LogP contribution in [0.15, 0.2) is 23.6 Å². The second-order valence-electron chi connectivity index (χ2n) is 4.48. The number of rotatable bonds is 6. The molecule has 0 atom stereocenters. The van der Waals surface area contributed by atoms with Gasteiger partial charge in [0.2, 0.25) is 0 Å². The smallest absolute Gasteiger partial charge is 0.387 e. The number of aromatic nitrogens is 1. The minimum atomic E-state index is -2.93. The minimum absolute atomic E-state index is 0.0393. The van der Waals surface area contributed by atoms with E-state index in [9.17, 15) is 14.0 Å². The summed E-state index contributed by atoms with van der Waals surface area (Å²) in [5.41, 5.74) is 1.87. The zero-order valence-electron chi connectivity index (χ0n) is 12.5. The average Bonchev–Trinajstić information content (AvgIpc) is 2.93. The number of nitrogens with zero attached hydrogens (tertiary/aromatic N) is 2. The Balaban J connectivity index is 2.37. The van der Waals surface area contributed by atoms with Crippen LogP contribution < -0.4 is 9.47 Å². The first-order chi connectivity index (χ1) is 11.0. The molecule has 0 spiro atoms. The second-order valence-corrected chi connectivity index (χ2v) is 5.34. The number of aryl methyl sites for hydroxylation is 1. The molecule has 23 heavy (non-hydrogen) atoms. The standard InChI is InChI=1S/C16H14F2N2O2S/c1-3-21-14-7-11(4-5-13(14)22-16(17)18)6-12(8-19)15-20-10(2)9-23-15/h4-7,9,16H,3H2,1-2H3/b12-6+. The molecule has 0 aliphatic carbocycles. The van der Waals surface area contributed by atoms with Crippen molar-refractivity contribution in [2.75, 3.05) is 6.61 Å². The van der Waals surface area contributed by atoms with Crippen LogP contribution >= 0.6 is 11.3 Å². The lowest BCUT2D eigenvalue weighted by Crippen LogP contribution is -2.04. The van der Waals surface area contributed by atoms with Crippen LogP contribution in [0.25, 0.3) is 11.6 Å². The van der Waals surface area contributed by atoms with Crippen LogP contribution in [0.2, 0.25) is 0 Å². The van der Waals surface area contributed by atoms with Gasteiger partial charge in [0.25, 0.3) is 0 Å². The number of thiazole rings is 1. The lowest BCUT2D eigenvalue weighted by molar-refractivity contribution is -0.0514. The maximum absolute atomic E-state index is 12.4. The van der Waals surface area contributed by atoms with E-state index in [1.54, 1.807) is 25.1 Å². The fourth-order valence-electron chi connectivity index (χ4n) is 1.86. The van der Waals surface area contributed by atoms with E-state index in [1.165, 1.54) is 17.4 Å². The normalized spacial score (nSPS) is 11.4. The second kappa shape index (κ2) is 7.70. The molecule has 1 aromatic heterocycles. The molecule has 0 radical (unpaired) electrons. The average molecular weight is 336 g/mol. The van der Waals surface area contributed by atoms with Crippen molar-refractivity contribution in [3.05, 3.63) is 39.8 Å². The quantitative estimate of drug-likeness (QED) is 0.728. The Hall–Kier alpha value is -2.46. The van der Waals surface area contributed by atoms with Gasteiger partial charge in [-0.25, -0.2) is 4.98 Å². The molecule has 4 nitrogen and oxygen atoms in total. The molecule has 1 aromatic carbocycles. The number of hydrogen-bond donors (Lipinski definition) is 0. The summed E-state index contributed by atoms with van der Waals surface area (Å²) in [5.74, 6) is 0.164. The summed E-state index contributed by atoms with van der Waals surface area (Å²) in [7, 11) is 0. The maximum Gasteiger partial charge on any atom is 0.387 e. The number of halogens is 2. The number of allylic oxidation sites excluding steroid dienone is 1. The molecule has 1 heterocycles. The highest BCUT2D eigenvalue weighted by molar-refractivity contribution is 7.11. The van der Waals surface area contributed by atoms with Crippen molar-refractivity contribution in [2.24, 2.45) is 0 Å². The molecule has 2 aromatic rings. The van der Waals surface area contributed by atoms with Gasteiger partial charge < -0.3 is 9.47 Å². The largest absolute Gasteiger partial charge is 0.490 e. The lowest BCUT2D eigenvalue weighted by atomic mass is 10.1. The van der Waals surface area contributed by atoms with Gasteiger partial charge in [-0.15, -0.1) is 11.3 Å². The van der Waals surface area contributed by atoms with Gasteiger partial charge in [0.1, 0.15) is 11.1 Å². The van der Waals surface area contributed by atoms with Crippen molar-refractivity contribution < 1.29 is 18.3 Å². The van der Waals surface area contributed by atoms with E-state index in [0.717, 1.165) is 5.69 Å². The zero-order chi connectivity index (χ0) is 16.8. The van der Waals surface area contributed by atoms with E-state index in [0.29, 0.717) is 22.8 Å². The molecular formula is C16H14F2N2O2S. The molecule has 0 aliphatic heterocycles. The zero-order valence-corrected chi connectivity index (χ0v) is 13.4. The van der Waals surface area contributed by atoms with Crippen molar-refractivity contribution in [2.45, 2.75) is 20.5 Å². The molecule has 7 heteroatoms. The maximum atomic E-state index is 12.4. The van der Waals surface area contributed by atoms with E-state index in [-0.39, 0.29) is 11.5 Å². The Morgan fingerprint density at radius 2 is 2.22 bits per heavy atom. The highest BCUT2D eigenvalue weighted by Crippen LogP contribution is 2.31. The summed E-state index contributed by atoms with van der Waals surface area (Å²) in [4.78, 5) is 4.27. The van der Waals surface area contributed by atoms with E-state index >= 15 is 0 Å². The van der Waals surface area contributed by atoms with Gasteiger partial charge in [-0.1, -0.05) is 6.07 Å². The van der Waals surface area contributed by atoms with Crippen LogP contribution in [0.1, 0.15) is 23.2 Å². The van der Waals surface area contributed by atoms with E-state index in [2.05, 4.69) is 15.8 Å². The molecule has 0 saturated heterocycles. The van der Waals surface area contributed by atoms with E-state index in [4.69, 9.17) is 4.74 Å². The molecule has 0 unspecified atom stereocenters. The van der Waals surface area contributed by atoms with Crippen molar-refractivity contribution in [1.29, 1.82) is 5.26 Å². The summed E-state index contributed by atoms with van der Waals surface area (Å²) in [5, 5.41) is 11.7. The molecule has 0 saturated carbocycles. The van der Waals surface area contributed by atoms with Crippen molar-refractivity contribution >= 4 is 23.0 Å². The van der Waals surface area contributed by atoms with Gasteiger partial charge in [0, 0.05) is 11.1 Å². The monoisotopic (exact) mass is 336 g/mol. The third-order valence-electron chi connectivity index (χ3n) is 2.76. The number of ether oxygens (including phenoxy) is 2. The Kier molecular flexibility index (Phi) is 5.66. The molecule has 120 valence electrons. The van der Waals surface area contributed by atoms with E-state index < -0.39 is 6.61 Å². The Bertz CT molecular complexity index is 751. The summed E-state index contributed by atoms with van der Waals surface area (Å²) >= 11 is 1.37. The van der Waals surface area contributed by atoms with Crippen molar-refractivity contribution in [3.63, 3.8) is 0 Å². The highest BCUT2D eigenvalue weighted by atomic mass is 32.1. The molecular weight excluding hydrogens is 322 g/mol. The molecule has 0 fully saturated rings. The lowest BCUT2D eigenvalue weighted by Gasteiger charge is -2.11. The first-order valence-electron chi connectivity index (χ1n) is 6.79. The van der Waals surface area contributed by atoms with Crippen LogP contribution in [0, 0.1) is 18.3 Å². The van der Waals surface area contributed by atoms with Gasteiger partial charge in [0.05, 0.1) is 12.2 Å². The number of hydrogen-bond acceptors (Lipinski definition) is 5. The Morgan fingerprint density at radius 1 is 1.43 bits per heavy atom. The Labute approximate surface area is 136 Å². The minimum Gasteiger partial charge on any atom is -0.490 e. The van der Waals surface area contributed by atoms with Gasteiger partial charge >= 0.3 is 6.61 Å². The van der Waals surface area contributed by atoms with E-state index in [1.807, 2.05) is 12.3 Å². The SMILES string of the molecule is CCOc1cc(/C=C(\C#N)c2nc(C)cs2)ccc1OC(F)F. The number of benzene rings is 1. The van der Waals surface area contributed by atoms with Crippen LogP contribution in [0.3, 0.4) is 0 Å². The predicted molar refractivity (Wildman–Crippen MR) is 84.6 cm³/mol.